The van der Waals surface area contributed by atoms with E-state index < -0.39 is 12.1 Å². The number of amides is 2. The third kappa shape index (κ3) is 5.56. The quantitative estimate of drug-likeness (QED) is 0.787. The van der Waals surface area contributed by atoms with Crippen LogP contribution in [0.5, 0.6) is 0 Å². The van der Waals surface area contributed by atoms with Crippen molar-refractivity contribution < 1.29 is 19.1 Å². The summed E-state index contributed by atoms with van der Waals surface area (Å²) in [6, 6.07) is 8.11. The Balaban J connectivity index is 1.93. The van der Waals surface area contributed by atoms with Crippen molar-refractivity contribution in [1.29, 1.82) is 0 Å². The second-order valence-electron chi connectivity index (χ2n) is 5.81. The van der Waals surface area contributed by atoms with Crippen molar-refractivity contribution in [1.82, 2.24) is 5.32 Å². The Kier molecular flexibility index (Phi) is 6.40. The van der Waals surface area contributed by atoms with Crippen LogP contribution in [0.3, 0.4) is 0 Å². The second-order valence-corrected chi connectivity index (χ2v) is 5.81. The smallest absolute Gasteiger partial charge is 0.312 e. The van der Waals surface area contributed by atoms with Crippen molar-refractivity contribution >= 4 is 12.0 Å². The van der Waals surface area contributed by atoms with Gasteiger partial charge in [-0.2, -0.15) is 0 Å². The third-order valence-corrected chi connectivity index (χ3v) is 4.10. The molecule has 1 fully saturated rings. The molecule has 0 unspecified atom stereocenters. The van der Waals surface area contributed by atoms with Crippen molar-refractivity contribution in [3.63, 3.8) is 0 Å². The summed E-state index contributed by atoms with van der Waals surface area (Å²) >= 11 is 0. The highest BCUT2D eigenvalue weighted by Gasteiger charge is 2.26. The van der Waals surface area contributed by atoms with Gasteiger partial charge in [-0.05, 0) is 24.8 Å². The molecule has 1 saturated carbocycles. The number of hydrogen-bond acceptors (Lipinski definition) is 4. The summed E-state index contributed by atoms with van der Waals surface area (Å²) < 4.78 is 10.9. The molecule has 0 bridgehead atoms. The largest absolute Gasteiger partial charge is 0.462 e. The molecule has 1 aromatic rings. The average molecular weight is 320 g/mol. The number of methoxy groups -OCH3 is 1. The van der Waals surface area contributed by atoms with Gasteiger partial charge in [0.15, 0.2) is 0 Å². The zero-order valence-electron chi connectivity index (χ0n) is 13.4. The van der Waals surface area contributed by atoms with Gasteiger partial charge in [-0.1, -0.05) is 30.3 Å². The number of nitrogens with two attached hydrogens (primary N) is 1. The van der Waals surface area contributed by atoms with Gasteiger partial charge in [0.05, 0.1) is 18.6 Å². The van der Waals surface area contributed by atoms with Crippen molar-refractivity contribution in [3.8, 4) is 0 Å². The molecule has 0 radical (unpaired) electrons. The summed E-state index contributed by atoms with van der Waals surface area (Å²) in [4.78, 5) is 23.4. The molecule has 0 heterocycles. The lowest BCUT2D eigenvalue weighted by molar-refractivity contribution is -0.153. The summed E-state index contributed by atoms with van der Waals surface area (Å²) in [5.74, 6) is -0.339. The Bertz CT molecular complexity index is 521. The predicted octanol–water partition coefficient (Wildman–Crippen LogP) is 2.29. The monoisotopic (exact) mass is 320 g/mol. The highest BCUT2D eigenvalue weighted by Crippen LogP contribution is 2.24. The van der Waals surface area contributed by atoms with E-state index in [1.165, 1.54) is 0 Å². The summed E-state index contributed by atoms with van der Waals surface area (Å²) in [6.07, 6.45) is 3.65. The Morgan fingerprint density at radius 3 is 2.61 bits per heavy atom. The fraction of sp³-hybridized carbons (Fsp3) is 0.529. The number of ether oxygens (including phenoxy) is 2. The van der Waals surface area contributed by atoms with Crippen LogP contribution in [0, 0.1) is 0 Å². The molecule has 1 aromatic carbocycles. The van der Waals surface area contributed by atoms with Crippen LogP contribution in [0.15, 0.2) is 30.3 Å². The first-order valence-corrected chi connectivity index (χ1v) is 7.91. The van der Waals surface area contributed by atoms with E-state index >= 15 is 0 Å². The van der Waals surface area contributed by atoms with Crippen LogP contribution in [0.2, 0.25) is 0 Å². The molecule has 6 nitrogen and oxygen atoms in total. The van der Waals surface area contributed by atoms with Crippen LogP contribution in [-0.2, 0) is 14.3 Å². The van der Waals surface area contributed by atoms with Gasteiger partial charge in [-0.25, -0.2) is 4.79 Å². The van der Waals surface area contributed by atoms with Gasteiger partial charge in [0.25, 0.3) is 0 Å². The minimum absolute atomic E-state index is 0.0566. The molecule has 23 heavy (non-hydrogen) atoms. The van der Waals surface area contributed by atoms with Gasteiger partial charge >= 0.3 is 12.0 Å². The van der Waals surface area contributed by atoms with Gasteiger partial charge in [0, 0.05) is 13.5 Å². The van der Waals surface area contributed by atoms with Crippen LogP contribution in [0.25, 0.3) is 0 Å². The maximum atomic E-state index is 12.2. The molecule has 126 valence electrons. The van der Waals surface area contributed by atoms with E-state index in [0.717, 1.165) is 31.2 Å². The molecular formula is C17H24N2O4. The standard InChI is InChI=1S/C17H24N2O4/c1-22-13-8-5-9-14(10-13)23-16(20)11-15(19-17(18)21)12-6-3-2-4-7-12/h2-4,6-7,13-15H,5,8-11H2,1H3,(H3,18,19,21)/t13-,14+,15+/m1/s1. The number of rotatable bonds is 6. The zero-order valence-corrected chi connectivity index (χ0v) is 13.4. The number of benzene rings is 1. The number of urea groups is 1. The van der Waals surface area contributed by atoms with Gasteiger partial charge in [-0.15, -0.1) is 0 Å². The highest BCUT2D eigenvalue weighted by atomic mass is 16.5. The second kappa shape index (κ2) is 8.53. The number of nitrogens with one attached hydrogen (secondary N) is 1. The van der Waals surface area contributed by atoms with Gasteiger partial charge < -0.3 is 20.5 Å². The molecule has 2 amide bonds. The molecule has 3 atom stereocenters. The summed E-state index contributed by atoms with van der Waals surface area (Å²) in [7, 11) is 1.68. The molecule has 0 spiro atoms. The summed E-state index contributed by atoms with van der Waals surface area (Å²) in [5, 5.41) is 2.60. The van der Waals surface area contributed by atoms with Crippen LogP contribution in [0.1, 0.15) is 43.7 Å². The van der Waals surface area contributed by atoms with Gasteiger partial charge in [0.2, 0.25) is 0 Å². The lowest BCUT2D eigenvalue weighted by atomic mass is 9.95. The molecule has 6 heteroatoms. The number of carbonyl (C=O) groups is 2. The van der Waals surface area contributed by atoms with Crippen molar-refractivity contribution in [2.45, 2.75) is 50.4 Å². The van der Waals surface area contributed by atoms with Crippen molar-refractivity contribution in [2.24, 2.45) is 5.73 Å². The van der Waals surface area contributed by atoms with Crippen molar-refractivity contribution in [3.05, 3.63) is 35.9 Å². The Labute approximate surface area is 136 Å². The average Bonchev–Trinajstić information content (AvgIpc) is 2.54. The van der Waals surface area contributed by atoms with E-state index in [2.05, 4.69) is 5.32 Å². The van der Waals surface area contributed by atoms with E-state index in [1.807, 2.05) is 30.3 Å². The predicted molar refractivity (Wildman–Crippen MR) is 85.7 cm³/mol. The normalized spacial score (nSPS) is 22.1. The maximum Gasteiger partial charge on any atom is 0.312 e. The van der Waals surface area contributed by atoms with Crippen molar-refractivity contribution in [2.75, 3.05) is 7.11 Å². The van der Waals surface area contributed by atoms with E-state index in [9.17, 15) is 9.59 Å². The summed E-state index contributed by atoms with van der Waals surface area (Å²) in [6.45, 7) is 0. The Hall–Kier alpha value is -2.08. The lowest BCUT2D eigenvalue weighted by Gasteiger charge is -2.28. The molecule has 0 aromatic heterocycles. The molecule has 3 N–H and O–H groups in total. The van der Waals surface area contributed by atoms with E-state index in [-0.39, 0.29) is 24.6 Å². The van der Waals surface area contributed by atoms with E-state index in [1.54, 1.807) is 7.11 Å². The minimum atomic E-state index is -0.663. The van der Waals surface area contributed by atoms with Crippen LogP contribution >= 0.6 is 0 Å². The lowest BCUT2D eigenvalue weighted by Crippen LogP contribution is -2.35. The number of carbonyl (C=O) groups excluding carboxylic acids is 2. The fourth-order valence-corrected chi connectivity index (χ4v) is 2.93. The molecular weight excluding hydrogens is 296 g/mol. The van der Waals surface area contributed by atoms with Crippen LogP contribution in [-0.4, -0.2) is 31.3 Å². The SMILES string of the molecule is CO[C@@H]1CCC[C@H](OC(=O)C[C@H](NC(N)=O)c2ccccc2)C1. The van der Waals surface area contributed by atoms with E-state index in [4.69, 9.17) is 15.2 Å². The minimum Gasteiger partial charge on any atom is -0.462 e. The highest BCUT2D eigenvalue weighted by molar-refractivity contribution is 5.75. The molecule has 0 saturated heterocycles. The Morgan fingerprint density at radius 2 is 1.96 bits per heavy atom. The first-order valence-electron chi connectivity index (χ1n) is 7.91. The van der Waals surface area contributed by atoms with Gasteiger partial charge in [0.1, 0.15) is 6.10 Å². The Morgan fingerprint density at radius 1 is 1.26 bits per heavy atom. The first-order chi connectivity index (χ1) is 11.1. The van der Waals surface area contributed by atoms with Crippen LogP contribution in [0.4, 0.5) is 4.79 Å². The summed E-state index contributed by atoms with van der Waals surface area (Å²) in [5.41, 5.74) is 6.03. The topological polar surface area (TPSA) is 90.7 Å². The molecule has 0 aliphatic heterocycles. The van der Waals surface area contributed by atoms with Crippen LogP contribution < -0.4 is 11.1 Å². The number of hydrogen-bond donors (Lipinski definition) is 2. The third-order valence-electron chi connectivity index (χ3n) is 4.10. The molecule has 1 aliphatic rings. The fourth-order valence-electron chi connectivity index (χ4n) is 2.93. The molecule has 2 rings (SSSR count). The zero-order chi connectivity index (χ0) is 16.7. The van der Waals surface area contributed by atoms with Gasteiger partial charge in [-0.3, -0.25) is 4.79 Å². The molecule has 1 aliphatic carbocycles. The number of primary amides is 1. The first kappa shape index (κ1) is 17.3. The maximum absolute atomic E-state index is 12.2. The van der Waals surface area contributed by atoms with E-state index in [0.29, 0.717) is 0 Å². The number of esters is 1.